The molecule has 4 heteroatoms. The number of halogens is 1. The van der Waals surface area contributed by atoms with E-state index in [2.05, 4.69) is 20.7 Å². The summed E-state index contributed by atoms with van der Waals surface area (Å²) in [6, 6.07) is 0. The minimum atomic E-state index is -0.896. The summed E-state index contributed by atoms with van der Waals surface area (Å²) in [5.41, 5.74) is 0. The Morgan fingerprint density at radius 2 is 2.50 bits per heavy atom. The van der Waals surface area contributed by atoms with Gasteiger partial charge < -0.3 is 9.47 Å². The van der Waals surface area contributed by atoms with Crippen LogP contribution >= 0.6 is 15.9 Å². The van der Waals surface area contributed by atoms with Gasteiger partial charge >= 0.3 is 5.97 Å². The molecule has 1 unspecified atom stereocenters. The molecule has 0 amide bonds. The summed E-state index contributed by atoms with van der Waals surface area (Å²) in [7, 11) is 0. The summed E-state index contributed by atoms with van der Waals surface area (Å²) in [4.78, 5) is 10.5. The molecule has 46 valence electrons. The summed E-state index contributed by atoms with van der Waals surface area (Å²) in [5.74, 6) is -0.363. The van der Waals surface area contributed by atoms with Gasteiger partial charge in [0.2, 0.25) is 4.51 Å². The van der Waals surface area contributed by atoms with Crippen molar-refractivity contribution in [3.8, 4) is 0 Å². The maximum Gasteiger partial charge on any atom is 0.351 e. The highest BCUT2D eigenvalue weighted by Crippen LogP contribution is 2.25. The van der Waals surface area contributed by atoms with Gasteiger partial charge in [-0.2, -0.15) is 0 Å². The summed E-state index contributed by atoms with van der Waals surface area (Å²) in [5, 5.41) is 0. The second-order valence-corrected chi connectivity index (χ2v) is 3.12. The van der Waals surface area contributed by atoms with Crippen LogP contribution in [-0.2, 0) is 14.3 Å². The van der Waals surface area contributed by atoms with Gasteiger partial charge in [0.1, 0.15) is 0 Å². The number of hydrogen-bond donors (Lipinski definition) is 0. The Morgan fingerprint density at radius 1 is 1.88 bits per heavy atom. The van der Waals surface area contributed by atoms with Crippen molar-refractivity contribution in [2.75, 3.05) is 6.79 Å². The molecule has 0 aromatic carbocycles. The average molecular weight is 181 g/mol. The Bertz CT molecular complexity index is 120. The number of alkyl halides is 1. The molecule has 8 heavy (non-hydrogen) atoms. The van der Waals surface area contributed by atoms with E-state index in [-0.39, 0.29) is 12.8 Å². The number of ether oxygens (including phenoxy) is 2. The van der Waals surface area contributed by atoms with Gasteiger partial charge in [0, 0.05) is 0 Å². The molecular weight excluding hydrogens is 176 g/mol. The number of carbonyl (C=O) groups excluding carboxylic acids is 1. The molecule has 0 radical (unpaired) electrons. The fourth-order valence-corrected chi connectivity index (χ4v) is 0.589. The Hall–Kier alpha value is -0.0900. The molecule has 0 bridgehead atoms. The Kier molecular flexibility index (Phi) is 1.28. The average Bonchev–Trinajstić information content (AvgIpc) is 1.86. The summed E-state index contributed by atoms with van der Waals surface area (Å²) in [6.45, 7) is 1.66. The fraction of sp³-hybridized carbons (Fsp3) is 0.750. The molecule has 0 N–H and O–H groups in total. The second kappa shape index (κ2) is 1.70. The SMILES string of the molecule is CC1(Br)OCOC1=O. The van der Waals surface area contributed by atoms with E-state index in [1.54, 1.807) is 6.92 Å². The van der Waals surface area contributed by atoms with E-state index in [0.717, 1.165) is 0 Å². The topological polar surface area (TPSA) is 35.5 Å². The molecule has 0 spiro atoms. The van der Waals surface area contributed by atoms with Crippen LogP contribution in [0.25, 0.3) is 0 Å². The predicted molar refractivity (Wildman–Crippen MR) is 29.4 cm³/mol. The molecule has 1 aliphatic heterocycles. The van der Waals surface area contributed by atoms with Crippen molar-refractivity contribution in [2.45, 2.75) is 11.4 Å². The zero-order valence-corrected chi connectivity index (χ0v) is 5.90. The van der Waals surface area contributed by atoms with Crippen molar-refractivity contribution in [3.63, 3.8) is 0 Å². The second-order valence-electron chi connectivity index (χ2n) is 1.61. The van der Waals surface area contributed by atoms with E-state index in [4.69, 9.17) is 4.74 Å². The molecule has 0 aliphatic carbocycles. The van der Waals surface area contributed by atoms with E-state index in [1.807, 2.05) is 0 Å². The first-order valence-electron chi connectivity index (χ1n) is 2.13. The standard InChI is InChI=1S/C4H5BrO3/c1-4(5)3(6)7-2-8-4/h2H2,1H3. The van der Waals surface area contributed by atoms with Gasteiger partial charge in [-0.25, -0.2) is 4.79 Å². The minimum absolute atomic E-state index is 0.0561. The van der Waals surface area contributed by atoms with Gasteiger partial charge in [0.05, 0.1) is 0 Å². The Morgan fingerprint density at radius 3 is 2.62 bits per heavy atom. The number of carbonyl (C=O) groups is 1. The van der Waals surface area contributed by atoms with Gasteiger partial charge in [-0.1, -0.05) is 0 Å². The van der Waals surface area contributed by atoms with Crippen LogP contribution in [0.2, 0.25) is 0 Å². The highest BCUT2D eigenvalue weighted by Gasteiger charge is 2.38. The minimum Gasteiger partial charge on any atom is -0.436 e. The highest BCUT2D eigenvalue weighted by molar-refractivity contribution is 9.10. The lowest BCUT2D eigenvalue weighted by molar-refractivity contribution is -0.139. The summed E-state index contributed by atoms with van der Waals surface area (Å²) in [6.07, 6.45) is 0. The van der Waals surface area contributed by atoms with E-state index >= 15 is 0 Å². The molecule has 1 rings (SSSR count). The van der Waals surface area contributed by atoms with Crippen LogP contribution in [0.5, 0.6) is 0 Å². The van der Waals surface area contributed by atoms with Crippen LogP contribution < -0.4 is 0 Å². The molecule has 1 saturated heterocycles. The molecule has 0 aromatic rings. The smallest absolute Gasteiger partial charge is 0.351 e. The number of cyclic esters (lactones) is 1. The third-order valence-electron chi connectivity index (χ3n) is 0.885. The number of rotatable bonds is 0. The van der Waals surface area contributed by atoms with E-state index in [9.17, 15) is 4.79 Å². The van der Waals surface area contributed by atoms with Crippen molar-refractivity contribution in [2.24, 2.45) is 0 Å². The van der Waals surface area contributed by atoms with Gasteiger partial charge in [-0.05, 0) is 22.9 Å². The van der Waals surface area contributed by atoms with Crippen LogP contribution in [0.1, 0.15) is 6.92 Å². The normalized spacial score (nSPS) is 37.5. The highest BCUT2D eigenvalue weighted by atomic mass is 79.9. The zero-order chi connectivity index (χ0) is 6.20. The van der Waals surface area contributed by atoms with Crippen LogP contribution in [0.4, 0.5) is 0 Å². The Labute approximate surface area is 55.1 Å². The summed E-state index contributed by atoms with van der Waals surface area (Å²) >= 11 is 3.01. The fourth-order valence-electron chi connectivity index (χ4n) is 0.381. The van der Waals surface area contributed by atoms with Crippen LogP contribution in [0.15, 0.2) is 0 Å². The quantitative estimate of drug-likeness (QED) is 0.406. The van der Waals surface area contributed by atoms with Gasteiger partial charge in [-0.15, -0.1) is 0 Å². The third-order valence-corrected chi connectivity index (χ3v) is 1.44. The van der Waals surface area contributed by atoms with Crippen molar-refractivity contribution < 1.29 is 14.3 Å². The first-order valence-corrected chi connectivity index (χ1v) is 2.92. The largest absolute Gasteiger partial charge is 0.436 e. The van der Waals surface area contributed by atoms with Crippen molar-refractivity contribution in [1.29, 1.82) is 0 Å². The maximum absolute atomic E-state index is 10.5. The van der Waals surface area contributed by atoms with Gasteiger partial charge in [0.15, 0.2) is 6.79 Å². The molecule has 1 fully saturated rings. The molecule has 1 heterocycles. The molecular formula is C4H5BrO3. The van der Waals surface area contributed by atoms with Crippen LogP contribution in [0.3, 0.4) is 0 Å². The van der Waals surface area contributed by atoms with Crippen molar-refractivity contribution >= 4 is 21.9 Å². The van der Waals surface area contributed by atoms with Crippen LogP contribution in [0, 0.1) is 0 Å². The molecule has 0 saturated carbocycles. The third kappa shape index (κ3) is 0.855. The predicted octanol–water partition coefficient (Wildman–Crippen LogP) is 0.628. The zero-order valence-electron chi connectivity index (χ0n) is 4.31. The monoisotopic (exact) mass is 180 g/mol. The lowest BCUT2D eigenvalue weighted by Crippen LogP contribution is -2.23. The van der Waals surface area contributed by atoms with E-state index in [0.29, 0.717) is 0 Å². The van der Waals surface area contributed by atoms with Crippen molar-refractivity contribution in [3.05, 3.63) is 0 Å². The lowest BCUT2D eigenvalue weighted by Gasteiger charge is -2.05. The number of hydrogen-bond acceptors (Lipinski definition) is 3. The molecule has 0 aromatic heterocycles. The van der Waals surface area contributed by atoms with Crippen LogP contribution in [-0.4, -0.2) is 17.3 Å². The molecule has 1 aliphatic rings. The first-order chi connectivity index (χ1) is 3.63. The molecule has 3 nitrogen and oxygen atoms in total. The summed E-state index contributed by atoms with van der Waals surface area (Å²) < 4.78 is 8.36. The first kappa shape index (κ1) is 6.04. The van der Waals surface area contributed by atoms with Gasteiger partial charge in [-0.3, -0.25) is 0 Å². The maximum atomic E-state index is 10.5. The molecule has 1 atom stereocenters. The van der Waals surface area contributed by atoms with Crippen molar-refractivity contribution in [1.82, 2.24) is 0 Å². The van der Waals surface area contributed by atoms with E-state index < -0.39 is 4.51 Å². The Balaban J connectivity index is 2.68. The van der Waals surface area contributed by atoms with Gasteiger partial charge in [0.25, 0.3) is 0 Å². The lowest BCUT2D eigenvalue weighted by atomic mass is 10.4. The van der Waals surface area contributed by atoms with E-state index in [1.165, 1.54) is 0 Å². The number of esters is 1.